The third kappa shape index (κ3) is 2.91. The molecule has 0 aliphatic heterocycles. The molecule has 3 unspecified atom stereocenters. The maximum atomic E-state index is 11.5. The molecule has 0 saturated heterocycles. The van der Waals surface area contributed by atoms with Crippen LogP contribution in [-0.4, -0.2) is 31.2 Å². The molecule has 14 heteroatoms. The standard InChI is InChI=1S/C4H12N4O8P2/c5-3-1-2-4(9,17(12,13)8(10)11)18(14,15)16-7-6/h6,9H,1-3,5H2,(H,12,13)(H,14,15). The second-order valence-corrected chi connectivity index (χ2v) is 7.59. The van der Waals surface area contributed by atoms with Crippen LogP contribution in [0.5, 0.6) is 0 Å². The predicted molar refractivity (Wildman–Crippen MR) is 56.1 cm³/mol. The summed E-state index contributed by atoms with van der Waals surface area (Å²) in [7, 11) is -11.2. The number of hydrogen-bond donors (Lipinski definition) is 5. The Balaban J connectivity index is 5.72. The second-order valence-electron chi connectivity index (χ2n) is 3.14. The van der Waals surface area contributed by atoms with Crippen molar-refractivity contribution in [2.45, 2.75) is 17.9 Å². The molecule has 0 aromatic rings. The number of nitrogens with two attached hydrogens (primary N) is 1. The highest BCUT2D eigenvalue weighted by Crippen LogP contribution is 2.73. The average molecular weight is 306 g/mol. The molecule has 0 bridgehead atoms. The molecule has 0 radical (unpaired) electrons. The zero-order valence-electron chi connectivity index (χ0n) is 8.87. The number of nitro groups is 1. The van der Waals surface area contributed by atoms with Crippen molar-refractivity contribution in [1.29, 1.82) is 5.53 Å². The van der Waals surface area contributed by atoms with Gasteiger partial charge in [0.25, 0.3) is 0 Å². The summed E-state index contributed by atoms with van der Waals surface area (Å²) >= 11 is 0. The molecule has 0 aromatic heterocycles. The van der Waals surface area contributed by atoms with E-state index in [-0.39, 0.29) is 13.0 Å². The van der Waals surface area contributed by atoms with E-state index in [1.54, 1.807) is 0 Å². The fourth-order valence-corrected chi connectivity index (χ4v) is 4.08. The Kier molecular flexibility index (Phi) is 5.54. The molecule has 0 fully saturated rings. The number of nitrogens with one attached hydrogen (secondary N) is 1. The van der Waals surface area contributed by atoms with Gasteiger partial charge in [0.2, 0.25) is 0 Å². The fraction of sp³-hybridized carbons (Fsp3) is 1.00. The molecule has 0 spiro atoms. The van der Waals surface area contributed by atoms with Gasteiger partial charge >= 0.3 is 20.2 Å². The summed E-state index contributed by atoms with van der Waals surface area (Å²) in [4.78, 5) is 28.8. The van der Waals surface area contributed by atoms with Crippen molar-refractivity contribution in [2.75, 3.05) is 6.54 Å². The van der Waals surface area contributed by atoms with E-state index in [9.17, 15) is 29.2 Å². The normalized spacial score (nSPS) is 21.1. The highest BCUT2D eigenvalue weighted by molar-refractivity contribution is 7.72. The summed E-state index contributed by atoms with van der Waals surface area (Å²) in [6.07, 6.45) is -1.21. The molecule has 106 valence electrons. The van der Waals surface area contributed by atoms with Gasteiger partial charge < -0.3 is 15.7 Å². The number of nitrogens with zero attached hydrogens (tertiary/aromatic N) is 2. The molecule has 0 aromatic carbocycles. The van der Waals surface area contributed by atoms with Gasteiger partial charge in [0.15, 0.2) is 0 Å². The first-order valence-corrected chi connectivity index (χ1v) is 7.54. The van der Waals surface area contributed by atoms with Crippen LogP contribution in [0.2, 0.25) is 0 Å². The maximum Gasteiger partial charge on any atom is 0.550 e. The quantitative estimate of drug-likeness (QED) is 0.176. The summed E-state index contributed by atoms with van der Waals surface area (Å²) in [5.74, 6) is 0. The minimum absolute atomic E-state index is 0.169. The number of aliphatic hydroxyl groups is 1. The van der Waals surface area contributed by atoms with Crippen molar-refractivity contribution in [3.8, 4) is 0 Å². The van der Waals surface area contributed by atoms with Crippen LogP contribution in [0.15, 0.2) is 5.28 Å². The van der Waals surface area contributed by atoms with Crippen LogP contribution in [0.3, 0.4) is 0 Å². The van der Waals surface area contributed by atoms with Crippen LogP contribution >= 0.6 is 15.1 Å². The van der Waals surface area contributed by atoms with Gasteiger partial charge in [-0.05, 0) is 13.0 Å². The van der Waals surface area contributed by atoms with Crippen molar-refractivity contribution in [1.82, 2.24) is 0 Å². The molecule has 12 nitrogen and oxygen atoms in total. The van der Waals surface area contributed by atoms with Gasteiger partial charge in [-0.2, -0.15) is 5.53 Å². The van der Waals surface area contributed by atoms with E-state index in [2.05, 4.69) is 4.62 Å². The van der Waals surface area contributed by atoms with Gasteiger partial charge in [-0.25, -0.2) is 9.13 Å². The van der Waals surface area contributed by atoms with Gasteiger partial charge in [0, 0.05) is 11.7 Å². The minimum Gasteiger partial charge on any atom is -0.363 e. The average Bonchev–Trinajstić information content (AvgIpc) is 2.24. The molecule has 0 heterocycles. The van der Waals surface area contributed by atoms with Crippen molar-refractivity contribution >= 4 is 15.1 Å². The van der Waals surface area contributed by atoms with Crippen LogP contribution < -0.4 is 5.73 Å². The molecule has 0 aliphatic rings. The zero-order chi connectivity index (χ0) is 14.6. The Morgan fingerprint density at radius 1 is 1.50 bits per heavy atom. The van der Waals surface area contributed by atoms with Gasteiger partial charge in [-0.1, -0.05) is 0 Å². The predicted octanol–water partition coefficient (Wildman–Crippen LogP) is -0.0185. The molecule has 6 N–H and O–H groups in total. The van der Waals surface area contributed by atoms with Crippen molar-refractivity contribution in [3.05, 3.63) is 10.1 Å². The Labute approximate surface area is 100 Å². The van der Waals surface area contributed by atoms with Crippen LogP contribution in [0.1, 0.15) is 12.8 Å². The van der Waals surface area contributed by atoms with E-state index in [1.807, 2.05) is 5.28 Å². The lowest BCUT2D eigenvalue weighted by atomic mass is 10.3. The molecule has 0 aliphatic carbocycles. The first-order valence-electron chi connectivity index (χ1n) is 4.35. The summed E-state index contributed by atoms with van der Waals surface area (Å²) in [5.41, 5.74) is 11.3. The fourth-order valence-electron chi connectivity index (χ4n) is 1.04. The van der Waals surface area contributed by atoms with E-state index >= 15 is 0 Å². The first kappa shape index (κ1) is 17.1. The largest absolute Gasteiger partial charge is 0.550 e. The lowest BCUT2D eigenvalue weighted by molar-refractivity contribution is -0.334. The van der Waals surface area contributed by atoms with Crippen LogP contribution in [0.25, 0.3) is 0 Å². The van der Waals surface area contributed by atoms with E-state index in [4.69, 9.17) is 16.2 Å². The number of hydrogen-bond acceptors (Lipinski definition) is 9. The van der Waals surface area contributed by atoms with Gasteiger partial charge in [0.1, 0.15) is 0 Å². The Morgan fingerprint density at radius 2 is 2.00 bits per heavy atom. The molecular weight excluding hydrogens is 294 g/mol. The summed E-state index contributed by atoms with van der Waals surface area (Å²) in [5, 5.41) is 18.6. The monoisotopic (exact) mass is 306 g/mol. The van der Waals surface area contributed by atoms with E-state index in [0.717, 1.165) is 0 Å². The Hall–Kier alpha value is -0.900. The third-order valence-electron chi connectivity index (χ3n) is 2.01. The third-order valence-corrected chi connectivity index (χ3v) is 6.58. The van der Waals surface area contributed by atoms with E-state index in [1.165, 1.54) is 0 Å². The van der Waals surface area contributed by atoms with Crippen molar-refractivity contribution < 1.29 is 33.3 Å². The lowest BCUT2D eigenvalue weighted by Gasteiger charge is -2.27. The summed E-state index contributed by atoms with van der Waals surface area (Å²) in [6.45, 7) is -0.169. The smallest absolute Gasteiger partial charge is 0.363 e. The Morgan fingerprint density at radius 3 is 2.33 bits per heavy atom. The summed E-state index contributed by atoms with van der Waals surface area (Å²) in [6, 6.07) is 0. The maximum absolute atomic E-state index is 11.5. The Bertz CT molecular complexity index is 427. The SMILES string of the molecule is N=NOP(=O)(O)C(O)(CCCN)P(=O)(O)[N+](=O)[O-]. The van der Waals surface area contributed by atoms with Crippen molar-refractivity contribution in [2.24, 2.45) is 11.0 Å². The molecule has 3 atom stereocenters. The van der Waals surface area contributed by atoms with Crippen molar-refractivity contribution in [3.63, 3.8) is 0 Å². The minimum atomic E-state index is -5.73. The summed E-state index contributed by atoms with van der Waals surface area (Å²) < 4.78 is 24.7. The van der Waals surface area contributed by atoms with Gasteiger partial charge in [-0.15, -0.1) is 0 Å². The van der Waals surface area contributed by atoms with Gasteiger partial charge in [0.05, 0.1) is 4.69 Å². The zero-order valence-corrected chi connectivity index (χ0v) is 10.7. The van der Waals surface area contributed by atoms with E-state index in [0.29, 0.717) is 0 Å². The van der Waals surface area contributed by atoms with E-state index < -0.39 is 31.3 Å². The highest BCUT2D eigenvalue weighted by atomic mass is 31.2. The molecular formula is C4H12N4O8P2. The van der Waals surface area contributed by atoms with Gasteiger partial charge in [-0.3, -0.25) is 19.6 Å². The number of rotatable bonds is 8. The lowest BCUT2D eigenvalue weighted by Crippen LogP contribution is -2.32. The first-order chi connectivity index (χ1) is 8.06. The molecule has 0 rings (SSSR count). The van der Waals surface area contributed by atoms with Crippen LogP contribution in [0.4, 0.5) is 0 Å². The van der Waals surface area contributed by atoms with Crippen LogP contribution in [0, 0.1) is 15.6 Å². The second kappa shape index (κ2) is 5.83. The highest BCUT2D eigenvalue weighted by Gasteiger charge is 2.70. The molecule has 18 heavy (non-hydrogen) atoms. The molecule has 0 amide bonds. The van der Waals surface area contributed by atoms with Crippen LogP contribution in [-0.2, 0) is 13.8 Å². The topological polar surface area (TPSA) is 209 Å². The molecule has 0 saturated carbocycles.